The maximum absolute atomic E-state index is 11.6. The van der Waals surface area contributed by atoms with E-state index in [1.807, 2.05) is 32.9 Å². The fourth-order valence-electron chi connectivity index (χ4n) is 2.05. The number of rotatable bonds is 4. The standard InChI is InChI=1S/C16H24N2O2/c1-16(2,3)20-15(19)17-11-12-6-4-9-14(10-12)18-13-7-5-8-13/h4,6,9-10,13,18H,5,7-8,11H2,1-3H3,(H,17,19). The smallest absolute Gasteiger partial charge is 0.407 e. The molecule has 0 radical (unpaired) electrons. The maximum atomic E-state index is 11.6. The van der Waals surface area contributed by atoms with Crippen molar-refractivity contribution in [1.29, 1.82) is 0 Å². The number of ether oxygens (including phenoxy) is 1. The lowest BCUT2D eigenvalue weighted by atomic mass is 9.93. The van der Waals surface area contributed by atoms with E-state index in [2.05, 4.69) is 22.8 Å². The van der Waals surface area contributed by atoms with Crippen LogP contribution in [-0.2, 0) is 11.3 Å². The Morgan fingerprint density at radius 1 is 1.35 bits per heavy atom. The van der Waals surface area contributed by atoms with Gasteiger partial charge < -0.3 is 15.4 Å². The van der Waals surface area contributed by atoms with Gasteiger partial charge in [0, 0.05) is 18.3 Å². The van der Waals surface area contributed by atoms with E-state index in [4.69, 9.17) is 4.74 Å². The van der Waals surface area contributed by atoms with Gasteiger partial charge in [0.15, 0.2) is 0 Å². The zero-order valence-corrected chi connectivity index (χ0v) is 12.5. The van der Waals surface area contributed by atoms with Crippen molar-refractivity contribution in [3.63, 3.8) is 0 Å². The zero-order chi connectivity index (χ0) is 14.6. The molecule has 4 nitrogen and oxygen atoms in total. The molecular formula is C16H24N2O2. The summed E-state index contributed by atoms with van der Waals surface area (Å²) in [4.78, 5) is 11.6. The molecule has 20 heavy (non-hydrogen) atoms. The quantitative estimate of drug-likeness (QED) is 0.882. The zero-order valence-electron chi connectivity index (χ0n) is 12.5. The predicted octanol–water partition coefficient (Wildman–Crippen LogP) is 3.68. The Morgan fingerprint density at radius 3 is 2.70 bits per heavy atom. The van der Waals surface area contributed by atoms with E-state index < -0.39 is 5.60 Å². The van der Waals surface area contributed by atoms with Crippen molar-refractivity contribution in [2.75, 3.05) is 5.32 Å². The van der Waals surface area contributed by atoms with Gasteiger partial charge in [-0.15, -0.1) is 0 Å². The van der Waals surface area contributed by atoms with Gasteiger partial charge in [-0.1, -0.05) is 12.1 Å². The number of benzene rings is 1. The highest BCUT2D eigenvalue weighted by Gasteiger charge is 2.17. The maximum Gasteiger partial charge on any atom is 0.407 e. The Hall–Kier alpha value is -1.71. The van der Waals surface area contributed by atoms with Crippen molar-refractivity contribution < 1.29 is 9.53 Å². The minimum Gasteiger partial charge on any atom is -0.444 e. The van der Waals surface area contributed by atoms with Crippen molar-refractivity contribution in [2.24, 2.45) is 0 Å². The van der Waals surface area contributed by atoms with Crippen LogP contribution in [0.25, 0.3) is 0 Å². The van der Waals surface area contributed by atoms with Crippen molar-refractivity contribution in [3.05, 3.63) is 29.8 Å². The Balaban J connectivity index is 1.83. The van der Waals surface area contributed by atoms with E-state index in [0.29, 0.717) is 12.6 Å². The average molecular weight is 276 g/mol. The molecule has 1 saturated carbocycles. The van der Waals surface area contributed by atoms with Gasteiger partial charge >= 0.3 is 6.09 Å². The molecule has 2 rings (SSSR count). The third kappa shape index (κ3) is 4.76. The van der Waals surface area contributed by atoms with Gasteiger partial charge in [0.1, 0.15) is 5.60 Å². The molecule has 1 aromatic rings. The molecule has 1 fully saturated rings. The van der Waals surface area contributed by atoms with E-state index >= 15 is 0 Å². The van der Waals surface area contributed by atoms with Crippen LogP contribution in [0.15, 0.2) is 24.3 Å². The van der Waals surface area contributed by atoms with Crippen LogP contribution in [0.3, 0.4) is 0 Å². The lowest BCUT2D eigenvalue weighted by Gasteiger charge is -2.27. The lowest BCUT2D eigenvalue weighted by Crippen LogP contribution is -2.32. The van der Waals surface area contributed by atoms with E-state index in [9.17, 15) is 4.79 Å². The van der Waals surface area contributed by atoms with E-state index in [0.717, 1.165) is 11.3 Å². The number of hydrogen-bond acceptors (Lipinski definition) is 3. The summed E-state index contributed by atoms with van der Waals surface area (Å²) in [7, 11) is 0. The second kappa shape index (κ2) is 6.16. The molecule has 0 bridgehead atoms. The summed E-state index contributed by atoms with van der Waals surface area (Å²) >= 11 is 0. The first-order chi connectivity index (χ1) is 9.42. The molecule has 1 amide bonds. The average Bonchev–Trinajstić information content (AvgIpc) is 2.30. The summed E-state index contributed by atoms with van der Waals surface area (Å²) in [5, 5.41) is 6.28. The molecule has 0 spiro atoms. The topological polar surface area (TPSA) is 50.4 Å². The Bertz CT molecular complexity index is 462. The van der Waals surface area contributed by atoms with Crippen LogP contribution < -0.4 is 10.6 Å². The second-order valence-electron chi connectivity index (χ2n) is 6.33. The van der Waals surface area contributed by atoms with E-state index in [1.165, 1.54) is 19.3 Å². The number of carbonyl (C=O) groups excluding carboxylic acids is 1. The number of carbonyl (C=O) groups is 1. The molecule has 1 aliphatic carbocycles. The van der Waals surface area contributed by atoms with Crippen LogP contribution in [0.1, 0.15) is 45.6 Å². The second-order valence-corrected chi connectivity index (χ2v) is 6.33. The summed E-state index contributed by atoms with van der Waals surface area (Å²) in [6.45, 7) is 6.05. The summed E-state index contributed by atoms with van der Waals surface area (Å²) in [6, 6.07) is 8.77. The van der Waals surface area contributed by atoms with Crippen LogP contribution in [0.2, 0.25) is 0 Å². The molecule has 0 saturated heterocycles. The van der Waals surface area contributed by atoms with Crippen LogP contribution in [0.4, 0.5) is 10.5 Å². The van der Waals surface area contributed by atoms with Gasteiger partial charge in [-0.05, 0) is 57.7 Å². The minimum atomic E-state index is -0.461. The largest absolute Gasteiger partial charge is 0.444 e. The molecule has 1 aliphatic rings. The van der Waals surface area contributed by atoms with E-state index in [1.54, 1.807) is 0 Å². The monoisotopic (exact) mass is 276 g/mol. The molecule has 0 aliphatic heterocycles. The van der Waals surface area contributed by atoms with E-state index in [-0.39, 0.29) is 6.09 Å². The molecule has 4 heteroatoms. The number of alkyl carbamates (subject to hydrolysis) is 1. The van der Waals surface area contributed by atoms with Crippen LogP contribution >= 0.6 is 0 Å². The summed E-state index contributed by atoms with van der Waals surface area (Å²) in [5.41, 5.74) is 1.73. The summed E-state index contributed by atoms with van der Waals surface area (Å²) in [6.07, 6.45) is 3.44. The molecule has 110 valence electrons. The van der Waals surface area contributed by atoms with Crippen molar-refractivity contribution in [2.45, 2.75) is 58.2 Å². The third-order valence-electron chi connectivity index (χ3n) is 3.24. The number of anilines is 1. The normalized spacial score (nSPS) is 15.3. The van der Waals surface area contributed by atoms with Gasteiger partial charge in [-0.3, -0.25) is 0 Å². The lowest BCUT2D eigenvalue weighted by molar-refractivity contribution is 0.0523. The van der Waals surface area contributed by atoms with Crippen LogP contribution in [0, 0.1) is 0 Å². The molecule has 0 atom stereocenters. The van der Waals surface area contributed by atoms with Gasteiger partial charge in [-0.2, -0.15) is 0 Å². The Kier molecular flexibility index (Phi) is 4.53. The molecule has 0 heterocycles. The fraction of sp³-hybridized carbons (Fsp3) is 0.562. The molecule has 2 N–H and O–H groups in total. The first-order valence-corrected chi connectivity index (χ1v) is 7.25. The third-order valence-corrected chi connectivity index (χ3v) is 3.24. The summed E-state index contributed by atoms with van der Waals surface area (Å²) < 4.78 is 5.22. The summed E-state index contributed by atoms with van der Waals surface area (Å²) in [5.74, 6) is 0. The molecule has 0 aromatic heterocycles. The van der Waals surface area contributed by atoms with Gasteiger partial charge in [0.2, 0.25) is 0 Å². The van der Waals surface area contributed by atoms with Crippen molar-refractivity contribution in [1.82, 2.24) is 5.32 Å². The number of nitrogens with one attached hydrogen (secondary N) is 2. The molecular weight excluding hydrogens is 252 g/mol. The minimum absolute atomic E-state index is 0.380. The predicted molar refractivity (Wildman–Crippen MR) is 80.8 cm³/mol. The highest BCUT2D eigenvalue weighted by Crippen LogP contribution is 2.23. The molecule has 0 unspecified atom stereocenters. The number of hydrogen-bond donors (Lipinski definition) is 2. The SMILES string of the molecule is CC(C)(C)OC(=O)NCc1cccc(NC2CCC2)c1. The first kappa shape index (κ1) is 14.7. The van der Waals surface area contributed by atoms with Crippen molar-refractivity contribution in [3.8, 4) is 0 Å². The Morgan fingerprint density at radius 2 is 2.10 bits per heavy atom. The highest BCUT2D eigenvalue weighted by molar-refractivity contribution is 5.67. The Labute approximate surface area is 120 Å². The highest BCUT2D eigenvalue weighted by atomic mass is 16.6. The van der Waals surface area contributed by atoms with Crippen molar-refractivity contribution >= 4 is 11.8 Å². The van der Waals surface area contributed by atoms with Crippen LogP contribution in [0.5, 0.6) is 0 Å². The van der Waals surface area contributed by atoms with Gasteiger partial charge in [-0.25, -0.2) is 4.79 Å². The van der Waals surface area contributed by atoms with Crippen LogP contribution in [-0.4, -0.2) is 17.7 Å². The molecule has 1 aromatic carbocycles. The van der Waals surface area contributed by atoms with Gasteiger partial charge in [0.25, 0.3) is 0 Å². The number of amides is 1. The van der Waals surface area contributed by atoms with Gasteiger partial charge in [0.05, 0.1) is 0 Å². The first-order valence-electron chi connectivity index (χ1n) is 7.25. The fourth-order valence-corrected chi connectivity index (χ4v) is 2.05.